The molecule has 0 radical (unpaired) electrons. The molecule has 0 saturated heterocycles. The molecule has 0 saturated carbocycles. The number of aromatic nitrogens is 3. The molecule has 0 amide bonds. The van der Waals surface area contributed by atoms with Gasteiger partial charge in [0, 0.05) is 16.1 Å². The van der Waals surface area contributed by atoms with Gasteiger partial charge in [0.2, 0.25) is 5.88 Å². The van der Waals surface area contributed by atoms with Crippen molar-refractivity contribution in [2.45, 2.75) is 25.3 Å². The van der Waals surface area contributed by atoms with E-state index in [2.05, 4.69) is 27.1 Å². The van der Waals surface area contributed by atoms with Crippen LogP contribution in [-0.2, 0) is 16.6 Å². The highest BCUT2D eigenvalue weighted by Crippen LogP contribution is 2.35. The molecule has 34 heavy (non-hydrogen) atoms. The second-order valence-corrected chi connectivity index (χ2v) is 10.8. The molecule has 0 bridgehead atoms. The summed E-state index contributed by atoms with van der Waals surface area (Å²) in [5.74, 6) is -0.0561. The fourth-order valence-corrected chi connectivity index (χ4v) is 6.24. The Morgan fingerprint density at radius 2 is 1.79 bits per heavy atom. The third kappa shape index (κ3) is 3.47. The van der Waals surface area contributed by atoms with Gasteiger partial charge in [-0.3, -0.25) is 0 Å². The van der Waals surface area contributed by atoms with Crippen LogP contribution in [0.15, 0.2) is 70.2 Å². The van der Waals surface area contributed by atoms with E-state index in [0.29, 0.717) is 22.0 Å². The van der Waals surface area contributed by atoms with Gasteiger partial charge in [-0.15, -0.1) is 0 Å². The fourth-order valence-electron chi connectivity index (χ4n) is 4.15. The summed E-state index contributed by atoms with van der Waals surface area (Å²) in [4.78, 5) is 0.212. The zero-order valence-electron chi connectivity index (χ0n) is 18.3. The summed E-state index contributed by atoms with van der Waals surface area (Å²) in [6.45, 7) is 3.97. The van der Waals surface area contributed by atoms with E-state index in [1.165, 1.54) is 8.65 Å². The predicted molar refractivity (Wildman–Crippen MR) is 133 cm³/mol. The maximum Gasteiger partial charge on any atom is 0.268 e. The highest BCUT2D eigenvalue weighted by atomic mass is 79.9. The van der Waals surface area contributed by atoms with Gasteiger partial charge in [-0.25, -0.2) is 17.1 Å². The average Bonchev–Trinajstić information content (AvgIpc) is 3.39. The van der Waals surface area contributed by atoms with Crippen LogP contribution in [0.1, 0.15) is 22.3 Å². The molecule has 0 atom stereocenters. The fraction of sp³-hybridized carbons (Fsp3) is 0.120. The van der Waals surface area contributed by atoms with Crippen molar-refractivity contribution >= 4 is 47.8 Å². The van der Waals surface area contributed by atoms with Crippen molar-refractivity contribution in [1.82, 2.24) is 13.8 Å². The third-order valence-corrected chi connectivity index (χ3v) is 8.31. The Bertz CT molecular complexity index is 1740. The summed E-state index contributed by atoms with van der Waals surface area (Å²) in [6.07, 6.45) is 1.56. The number of aromatic hydroxyl groups is 1. The van der Waals surface area contributed by atoms with E-state index in [1.54, 1.807) is 54.7 Å². The summed E-state index contributed by atoms with van der Waals surface area (Å²) >= 11 is 3.61. The second-order valence-electron chi connectivity index (χ2n) is 8.17. The normalized spacial score (nSPS) is 11.8. The molecule has 0 unspecified atom stereocenters. The predicted octanol–water partition coefficient (Wildman–Crippen LogP) is 5.23. The summed E-state index contributed by atoms with van der Waals surface area (Å²) in [6, 6.07) is 17.4. The van der Waals surface area contributed by atoms with Crippen molar-refractivity contribution in [3.63, 3.8) is 0 Å². The Balaban J connectivity index is 1.66. The smallest absolute Gasteiger partial charge is 0.268 e. The van der Waals surface area contributed by atoms with Gasteiger partial charge in [0.25, 0.3) is 10.0 Å². The van der Waals surface area contributed by atoms with E-state index in [4.69, 9.17) is 5.26 Å². The molecule has 0 fully saturated rings. The molecule has 0 spiro atoms. The molecule has 2 aromatic heterocycles. The third-order valence-electron chi connectivity index (χ3n) is 5.91. The van der Waals surface area contributed by atoms with Crippen molar-refractivity contribution < 1.29 is 13.5 Å². The van der Waals surface area contributed by atoms with Crippen LogP contribution in [0, 0.1) is 25.2 Å². The van der Waals surface area contributed by atoms with Crippen LogP contribution >= 0.6 is 15.9 Å². The van der Waals surface area contributed by atoms with E-state index < -0.39 is 10.0 Å². The van der Waals surface area contributed by atoms with Crippen LogP contribution < -0.4 is 0 Å². The van der Waals surface area contributed by atoms with E-state index in [0.717, 1.165) is 26.5 Å². The zero-order valence-corrected chi connectivity index (χ0v) is 20.7. The minimum absolute atomic E-state index is 0.0561. The monoisotopic (exact) mass is 534 g/mol. The topological polar surface area (TPSA) is 101 Å². The molecule has 0 aliphatic carbocycles. The van der Waals surface area contributed by atoms with Gasteiger partial charge >= 0.3 is 0 Å². The molecule has 5 aromatic rings. The Morgan fingerprint density at radius 1 is 1.06 bits per heavy atom. The average molecular weight is 535 g/mol. The first-order valence-corrected chi connectivity index (χ1v) is 12.6. The number of hydrogen-bond acceptors (Lipinski definition) is 5. The first-order valence-electron chi connectivity index (χ1n) is 10.4. The van der Waals surface area contributed by atoms with Gasteiger partial charge in [-0.05, 0) is 67.4 Å². The number of fused-ring (bicyclic) bond motifs is 2. The van der Waals surface area contributed by atoms with Crippen LogP contribution in [0.3, 0.4) is 0 Å². The highest BCUT2D eigenvalue weighted by molar-refractivity contribution is 9.10. The van der Waals surface area contributed by atoms with Crippen molar-refractivity contribution in [2.75, 3.05) is 0 Å². The minimum atomic E-state index is -3.80. The van der Waals surface area contributed by atoms with Crippen LogP contribution in [0.25, 0.3) is 21.8 Å². The molecule has 0 aliphatic heterocycles. The highest BCUT2D eigenvalue weighted by Gasteiger charge is 2.23. The number of benzene rings is 3. The SMILES string of the molecule is Cc1ccc(S(=O)(=O)n2ccc3c(Cn4nc5ccc(C#N)cc5c4O)c(Br)cc(C)c32)cc1. The van der Waals surface area contributed by atoms with Gasteiger partial charge < -0.3 is 5.11 Å². The number of hydrogen-bond donors (Lipinski definition) is 1. The molecule has 9 heteroatoms. The Hall–Kier alpha value is -3.61. The number of nitriles is 1. The molecule has 7 nitrogen and oxygen atoms in total. The summed E-state index contributed by atoms with van der Waals surface area (Å²) in [7, 11) is -3.80. The molecule has 0 aliphatic rings. The minimum Gasteiger partial charge on any atom is -0.493 e. The van der Waals surface area contributed by atoms with Crippen LogP contribution in [0.4, 0.5) is 0 Å². The molecule has 3 aromatic carbocycles. The Labute approximate surface area is 204 Å². The Morgan fingerprint density at radius 3 is 2.50 bits per heavy atom. The van der Waals surface area contributed by atoms with Crippen LogP contribution in [0.2, 0.25) is 0 Å². The van der Waals surface area contributed by atoms with E-state index >= 15 is 0 Å². The maximum absolute atomic E-state index is 13.4. The summed E-state index contributed by atoms with van der Waals surface area (Å²) in [5.41, 5.74) is 4.12. The number of nitrogens with zero attached hydrogens (tertiary/aromatic N) is 4. The van der Waals surface area contributed by atoms with E-state index in [1.807, 2.05) is 19.9 Å². The number of rotatable bonds is 4. The standard InChI is InChI=1S/C25H19BrN4O3S/c1-15-3-6-18(7-4-15)34(32,33)30-10-9-19-21(22(26)11-16(2)24(19)30)14-29-25(31)20-12-17(13-27)5-8-23(20)28-29/h3-12,31H,14H2,1-2H3. The first kappa shape index (κ1) is 22.2. The molecule has 170 valence electrons. The lowest BCUT2D eigenvalue weighted by molar-refractivity contribution is 0.414. The van der Waals surface area contributed by atoms with Crippen LogP contribution in [-0.4, -0.2) is 27.3 Å². The molecular weight excluding hydrogens is 516 g/mol. The van der Waals surface area contributed by atoms with Gasteiger partial charge in [-0.1, -0.05) is 33.6 Å². The largest absolute Gasteiger partial charge is 0.493 e. The molecular formula is C25H19BrN4O3S. The van der Waals surface area contributed by atoms with E-state index in [-0.39, 0.29) is 17.3 Å². The zero-order chi connectivity index (χ0) is 24.2. The number of halogens is 1. The molecule has 2 heterocycles. The lowest BCUT2D eigenvalue weighted by Crippen LogP contribution is -2.12. The maximum atomic E-state index is 13.4. The Kier molecular flexibility index (Phi) is 5.23. The lowest BCUT2D eigenvalue weighted by atomic mass is 10.1. The van der Waals surface area contributed by atoms with Gasteiger partial charge in [-0.2, -0.15) is 10.4 Å². The summed E-state index contributed by atoms with van der Waals surface area (Å²) < 4.78 is 30.4. The number of aryl methyl sites for hydroxylation is 2. The van der Waals surface area contributed by atoms with Gasteiger partial charge in [0.15, 0.2) is 0 Å². The van der Waals surface area contributed by atoms with Crippen molar-refractivity contribution in [3.8, 4) is 11.9 Å². The van der Waals surface area contributed by atoms with Gasteiger partial charge in [0.1, 0.15) is 0 Å². The second kappa shape index (κ2) is 8.01. The van der Waals surface area contributed by atoms with Crippen molar-refractivity contribution in [2.24, 2.45) is 0 Å². The van der Waals surface area contributed by atoms with Crippen LogP contribution in [0.5, 0.6) is 5.88 Å². The van der Waals surface area contributed by atoms with Crippen molar-refractivity contribution in [3.05, 3.63) is 87.5 Å². The quantitative estimate of drug-likeness (QED) is 0.340. The van der Waals surface area contributed by atoms with E-state index in [9.17, 15) is 13.5 Å². The van der Waals surface area contributed by atoms with Gasteiger partial charge in [0.05, 0.1) is 39.5 Å². The first-order chi connectivity index (χ1) is 16.2. The molecule has 5 rings (SSSR count). The van der Waals surface area contributed by atoms with Crippen molar-refractivity contribution in [1.29, 1.82) is 5.26 Å². The summed E-state index contributed by atoms with van der Waals surface area (Å²) in [5, 5.41) is 25.6. The molecule has 1 N–H and O–H groups in total. The lowest BCUT2D eigenvalue weighted by Gasteiger charge is -2.13.